The van der Waals surface area contributed by atoms with Gasteiger partial charge in [-0.1, -0.05) is 18.2 Å². The van der Waals surface area contributed by atoms with Gasteiger partial charge in [-0.15, -0.1) is 0 Å². The molecule has 3 heteroatoms. The smallest absolute Gasteiger partial charge is 0.119 e. The Labute approximate surface area is 121 Å². The number of likely N-dealkylation sites (N-methyl/N-ethyl adjacent to an activating group) is 1. The van der Waals surface area contributed by atoms with E-state index >= 15 is 0 Å². The minimum absolute atomic E-state index is 0.460. The summed E-state index contributed by atoms with van der Waals surface area (Å²) in [7, 11) is 3.73. The van der Waals surface area contributed by atoms with E-state index in [9.17, 15) is 0 Å². The van der Waals surface area contributed by atoms with Gasteiger partial charge in [0, 0.05) is 18.4 Å². The van der Waals surface area contributed by atoms with Gasteiger partial charge >= 0.3 is 0 Å². The maximum absolute atomic E-state index is 5.27. The zero-order valence-electron chi connectivity index (χ0n) is 12.2. The van der Waals surface area contributed by atoms with Crippen molar-refractivity contribution in [1.29, 1.82) is 0 Å². The standard InChI is InChI=1S/C17H22N2O/c1-18-16(9-8-14-6-4-10-19-13-14)11-15-5-3-7-17(12-15)20-2/h3-7,10,12-13,16,18H,8-9,11H2,1-2H3. The van der Waals surface area contributed by atoms with Crippen LogP contribution in [0.4, 0.5) is 0 Å². The van der Waals surface area contributed by atoms with Crippen LogP contribution < -0.4 is 10.1 Å². The fourth-order valence-corrected chi connectivity index (χ4v) is 2.32. The lowest BCUT2D eigenvalue weighted by atomic mass is 9.99. The van der Waals surface area contributed by atoms with E-state index in [1.807, 2.05) is 37.6 Å². The predicted octanol–water partition coefficient (Wildman–Crippen LogP) is 2.85. The molecule has 1 N–H and O–H groups in total. The molecule has 0 bridgehead atoms. The van der Waals surface area contributed by atoms with Gasteiger partial charge in [-0.25, -0.2) is 0 Å². The van der Waals surface area contributed by atoms with Crippen LogP contribution in [-0.4, -0.2) is 25.2 Å². The Morgan fingerprint density at radius 1 is 1.20 bits per heavy atom. The largest absolute Gasteiger partial charge is 0.497 e. The van der Waals surface area contributed by atoms with Gasteiger partial charge in [0.05, 0.1) is 7.11 Å². The van der Waals surface area contributed by atoms with E-state index < -0.39 is 0 Å². The number of nitrogens with zero attached hydrogens (tertiary/aromatic N) is 1. The molecule has 2 aromatic rings. The second kappa shape index (κ2) is 7.65. The molecule has 0 aliphatic heterocycles. The summed E-state index contributed by atoms with van der Waals surface area (Å²) in [6, 6.07) is 12.9. The number of methoxy groups -OCH3 is 1. The number of benzene rings is 1. The zero-order valence-corrected chi connectivity index (χ0v) is 12.2. The Hall–Kier alpha value is -1.87. The minimum atomic E-state index is 0.460. The second-order valence-corrected chi connectivity index (χ2v) is 4.94. The molecule has 1 heterocycles. The van der Waals surface area contributed by atoms with Crippen LogP contribution in [0.1, 0.15) is 17.5 Å². The molecule has 0 spiro atoms. The normalized spacial score (nSPS) is 12.1. The fraction of sp³-hybridized carbons (Fsp3) is 0.353. The van der Waals surface area contributed by atoms with Gasteiger partial charge in [-0.05, 0) is 55.6 Å². The van der Waals surface area contributed by atoms with Gasteiger partial charge in [0.25, 0.3) is 0 Å². The Morgan fingerprint density at radius 2 is 2.05 bits per heavy atom. The number of ether oxygens (including phenoxy) is 1. The number of hydrogen-bond acceptors (Lipinski definition) is 3. The van der Waals surface area contributed by atoms with Gasteiger partial charge in [-0.2, -0.15) is 0 Å². The van der Waals surface area contributed by atoms with Crippen molar-refractivity contribution >= 4 is 0 Å². The summed E-state index contributed by atoms with van der Waals surface area (Å²) >= 11 is 0. The van der Waals surface area contributed by atoms with Crippen LogP contribution in [0.5, 0.6) is 5.75 Å². The van der Waals surface area contributed by atoms with Gasteiger partial charge in [-0.3, -0.25) is 4.98 Å². The number of rotatable bonds is 7. The summed E-state index contributed by atoms with van der Waals surface area (Å²) in [4.78, 5) is 4.16. The topological polar surface area (TPSA) is 34.2 Å². The van der Waals surface area contributed by atoms with Crippen LogP contribution in [-0.2, 0) is 12.8 Å². The lowest BCUT2D eigenvalue weighted by Crippen LogP contribution is -2.28. The van der Waals surface area contributed by atoms with Gasteiger partial charge in [0.1, 0.15) is 5.75 Å². The molecule has 0 aliphatic rings. The zero-order chi connectivity index (χ0) is 14.2. The van der Waals surface area contributed by atoms with Crippen molar-refractivity contribution in [3.63, 3.8) is 0 Å². The predicted molar refractivity (Wildman–Crippen MR) is 82.1 cm³/mol. The molecule has 20 heavy (non-hydrogen) atoms. The van der Waals surface area contributed by atoms with E-state index in [0.717, 1.165) is 25.0 Å². The van der Waals surface area contributed by atoms with Crippen molar-refractivity contribution in [2.24, 2.45) is 0 Å². The number of pyridine rings is 1. The highest BCUT2D eigenvalue weighted by Gasteiger charge is 2.08. The molecule has 0 saturated carbocycles. The SMILES string of the molecule is CNC(CCc1cccnc1)Cc1cccc(OC)c1. The molecule has 0 radical (unpaired) electrons. The first-order valence-electron chi connectivity index (χ1n) is 7.01. The Morgan fingerprint density at radius 3 is 2.75 bits per heavy atom. The summed E-state index contributed by atoms with van der Waals surface area (Å²) in [6.07, 6.45) is 6.91. The summed E-state index contributed by atoms with van der Waals surface area (Å²) in [5, 5.41) is 3.40. The molecule has 3 nitrogen and oxygen atoms in total. The molecule has 1 atom stereocenters. The van der Waals surface area contributed by atoms with Crippen LogP contribution in [0.2, 0.25) is 0 Å². The molecule has 1 aromatic heterocycles. The summed E-state index contributed by atoms with van der Waals surface area (Å²) < 4.78 is 5.27. The molecule has 1 unspecified atom stereocenters. The maximum atomic E-state index is 5.27. The van der Waals surface area contributed by atoms with Crippen molar-refractivity contribution < 1.29 is 4.74 Å². The lowest BCUT2D eigenvalue weighted by molar-refractivity contribution is 0.413. The van der Waals surface area contributed by atoms with Crippen molar-refractivity contribution in [1.82, 2.24) is 10.3 Å². The summed E-state index contributed by atoms with van der Waals surface area (Å²) in [5.41, 5.74) is 2.59. The molecule has 0 aliphatic carbocycles. The highest BCUT2D eigenvalue weighted by molar-refractivity contribution is 5.29. The number of aromatic nitrogens is 1. The molecule has 1 aromatic carbocycles. The average molecular weight is 270 g/mol. The molecule has 2 rings (SSSR count). The van der Waals surface area contributed by atoms with E-state index in [-0.39, 0.29) is 0 Å². The molecule has 0 amide bonds. The number of nitrogens with one attached hydrogen (secondary N) is 1. The third kappa shape index (κ3) is 4.35. The van der Waals surface area contributed by atoms with E-state index in [2.05, 4.69) is 28.5 Å². The van der Waals surface area contributed by atoms with Crippen LogP contribution in [0.15, 0.2) is 48.8 Å². The van der Waals surface area contributed by atoms with Crippen LogP contribution in [0.3, 0.4) is 0 Å². The van der Waals surface area contributed by atoms with Crippen LogP contribution in [0, 0.1) is 0 Å². The number of aryl methyl sites for hydroxylation is 1. The highest BCUT2D eigenvalue weighted by Crippen LogP contribution is 2.15. The van der Waals surface area contributed by atoms with E-state index in [0.29, 0.717) is 6.04 Å². The third-order valence-corrected chi connectivity index (χ3v) is 3.53. The molecular weight excluding hydrogens is 248 g/mol. The quantitative estimate of drug-likeness (QED) is 0.840. The number of hydrogen-bond donors (Lipinski definition) is 1. The van der Waals surface area contributed by atoms with Crippen LogP contribution >= 0.6 is 0 Å². The summed E-state index contributed by atoms with van der Waals surface area (Å²) in [6.45, 7) is 0. The maximum Gasteiger partial charge on any atom is 0.119 e. The second-order valence-electron chi connectivity index (χ2n) is 4.94. The van der Waals surface area contributed by atoms with Crippen molar-refractivity contribution in [2.45, 2.75) is 25.3 Å². The van der Waals surface area contributed by atoms with Crippen molar-refractivity contribution in [2.75, 3.05) is 14.2 Å². The Balaban J connectivity index is 1.91. The van der Waals surface area contributed by atoms with Gasteiger partial charge in [0.15, 0.2) is 0 Å². The first-order valence-corrected chi connectivity index (χ1v) is 7.01. The van der Waals surface area contributed by atoms with Crippen molar-refractivity contribution in [3.8, 4) is 5.75 Å². The molecule has 0 fully saturated rings. The van der Waals surface area contributed by atoms with E-state index in [4.69, 9.17) is 4.74 Å². The Bertz CT molecular complexity index is 513. The average Bonchev–Trinajstić information content (AvgIpc) is 2.52. The highest BCUT2D eigenvalue weighted by atomic mass is 16.5. The Kier molecular flexibility index (Phi) is 5.56. The molecule has 106 valence electrons. The first kappa shape index (κ1) is 14.5. The molecular formula is C17H22N2O. The third-order valence-electron chi connectivity index (χ3n) is 3.53. The van der Waals surface area contributed by atoms with Gasteiger partial charge < -0.3 is 10.1 Å². The van der Waals surface area contributed by atoms with E-state index in [1.54, 1.807) is 7.11 Å². The van der Waals surface area contributed by atoms with Gasteiger partial charge in [0.2, 0.25) is 0 Å². The van der Waals surface area contributed by atoms with Crippen LogP contribution in [0.25, 0.3) is 0 Å². The lowest BCUT2D eigenvalue weighted by Gasteiger charge is -2.16. The monoisotopic (exact) mass is 270 g/mol. The summed E-state index contributed by atoms with van der Waals surface area (Å²) in [5.74, 6) is 0.921. The van der Waals surface area contributed by atoms with E-state index in [1.165, 1.54) is 11.1 Å². The molecule has 0 saturated heterocycles. The van der Waals surface area contributed by atoms with Crippen molar-refractivity contribution in [3.05, 3.63) is 59.9 Å². The fourth-order valence-electron chi connectivity index (χ4n) is 2.32. The first-order chi connectivity index (χ1) is 9.81. The minimum Gasteiger partial charge on any atom is -0.497 e.